The Kier molecular flexibility index (Phi) is 5.61. The molecule has 0 atom stereocenters. The summed E-state index contributed by atoms with van der Waals surface area (Å²) in [6, 6.07) is 14.9. The van der Waals surface area contributed by atoms with Crippen LogP contribution in [-0.2, 0) is 17.6 Å². The van der Waals surface area contributed by atoms with Gasteiger partial charge >= 0.3 is 0 Å². The first-order valence-corrected chi connectivity index (χ1v) is 12.0. The summed E-state index contributed by atoms with van der Waals surface area (Å²) >= 11 is 0. The van der Waals surface area contributed by atoms with Crippen LogP contribution in [0.5, 0.6) is 0 Å². The Morgan fingerprint density at radius 1 is 1.06 bits per heavy atom. The number of carbonyl (C=O) groups excluding carboxylic acids is 1. The van der Waals surface area contributed by atoms with E-state index in [1.165, 1.54) is 11.1 Å². The summed E-state index contributed by atoms with van der Waals surface area (Å²) in [6.45, 7) is 5.45. The number of benzene rings is 2. The van der Waals surface area contributed by atoms with Crippen LogP contribution < -0.4 is 5.32 Å². The fourth-order valence-electron chi connectivity index (χ4n) is 4.99. The van der Waals surface area contributed by atoms with E-state index in [4.69, 9.17) is 9.72 Å². The van der Waals surface area contributed by atoms with Gasteiger partial charge in [-0.25, -0.2) is 0 Å². The molecule has 0 spiro atoms. The minimum atomic E-state index is -0.0146. The van der Waals surface area contributed by atoms with Crippen LogP contribution in [-0.4, -0.2) is 60.2 Å². The van der Waals surface area contributed by atoms with Crippen LogP contribution in [0, 0.1) is 0 Å². The molecule has 2 aromatic carbocycles. The summed E-state index contributed by atoms with van der Waals surface area (Å²) in [5.41, 5.74) is 6.09. The van der Waals surface area contributed by atoms with Crippen LogP contribution in [0.4, 0.5) is 0 Å². The first-order chi connectivity index (χ1) is 16.7. The van der Waals surface area contributed by atoms with Crippen molar-refractivity contribution in [3.8, 4) is 0 Å². The third-order valence-electron chi connectivity index (χ3n) is 6.85. The number of aromatic nitrogens is 2. The molecule has 0 radical (unpaired) electrons. The van der Waals surface area contributed by atoms with Crippen molar-refractivity contribution < 1.29 is 9.53 Å². The Morgan fingerprint density at radius 3 is 2.88 bits per heavy atom. The standard InChI is InChI=1S/C28H28N4O2/c33-28-26-23-7-5-21-18-30-22(17-24(21)27(23)31-25(26)8-10-29-28)6-4-19-2-1-3-20(16-19)9-11-32-12-14-34-15-13-32/h1-7,16-18,30H,8-15H2,(H,29,33). The summed E-state index contributed by atoms with van der Waals surface area (Å²) in [4.78, 5) is 23.1. The number of nitrogens with zero attached hydrogens (tertiary/aromatic N) is 2. The van der Waals surface area contributed by atoms with Crippen molar-refractivity contribution in [3.63, 3.8) is 0 Å². The molecule has 2 N–H and O–H groups in total. The van der Waals surface area contributed by atoms with Crippen molar-refractivity contribution in [1.29, 1.82) is 0 Å². The molecule has 0 saturated carbocycles. The molecule has 34 heavy (non-hydrogen) atoms. The predicted molar refractivity (Wildman–Crippen MR) is 136 cm³/mol. The summed E-state index contributed by atoms with van der Waals surface area (Å²) < 4.78 is 5.45. The van der Waals surface area contributed by atoms with E-state index in [9.17, 15) is 4.79 Å². The number of amides is 1. The van der Waals surface area contributed by atoms with Crippen molar-refractivity contribution in [3.05, 3.63) is 76.7 Å². The lowest BCUT2D eigenvalue weighted by Gasteiger charge is -2.26. The van der Waals surface area contributed by atoms with Gasteiger partial charge in [-0.3, -0.25) is 14.7 Å². The number of morpholine rings is 1. The molecule has 2 aliphatic rings. The molecule has 2 aliphatic heterocycles. The van der Waals surface area contributed by atoms with Crippen molar-refractivity contribution in [2.45, 2.75) is 12.8 Å². The number of hydrogen-bond donors (Lipinski definition) is 2. The van der Waals surface area contributed by atoms with Crippen LogP contribution in [0.2, 0.25) is 0 Å². The number of rotatable bonds is 5. The van der Waals surface area contributed by atoms with E-state index in [-0.39, 0.29) is 5.91 Å². The average molecular weight is 453 g/mol. The molecule has 4 heterocycles. The second kappa shape index (κ2) is 9.05. The molecular formula is C28H28N4O2. The molecule has 0 unspecified atom stereocenters. The van der Waals surface area contributed by atoms with Crippen LogP contribution >= 0.6 is 0 Å². The van der Waals surface area contributed by atoms with Crippen LogP contribution in [0.25, 0.3) is 33.8 Å². The number of aromatic amines is 1. The lowest BCUT2D eigenvalue weighted by molar-refractivity contribution is 0.0384. The monoisotopic (exact) mass is 452 g/mol. The number of fused-ring (bicyclic) bond motifs is 5. The molecule has 0 bridgehead atoms. The van der Waals surface area contributed by atoms with Crippen LogP contribution in [0.1, 0.15) is 32.9 Å². The Morgan fingerprint density at radius 2 is 1.97 bits per heavy atom. The fourth-order valence-corrected chi connectivity index (χ4v) is 4.99. The number of nitrogens with one attached hydrogen (secondary N) is 2. The van der Waals surface area contributed by atoms with Crippen molar-refractivity contribution >= 4 is 39.7 Å². The van der Waals surface area contributed by atoms with Crippen molar-refractivity contribution in [2.75, 3.05) is 39.4 Å². The maximum atomic E-state index is 12.4. The highest BCUT2D eigenvalue weighted by Gasteiger charge is 2.23. The maximum Gasteiger partial charge on any atom is 0.253 e. The van der Waals surface area contributed by atoms with E-state index in [1.807, 2.05) is 12.3 Å². The molecule has 172 valence electrons. The minimum absolute atomic E-state index is 0.0146. The van der Waals surface area contributed by atoms with E-state index in [1.54, 1.807) is 0 Å². The summed E-state index contributed by atoms with van der Waals surface area (Å²) in [6.07, 6.45) is 8.09. The number of pyridine rings is 1. The van der Waals surface area contributed by atoms with E-state index in [2.05, 4.69) is 63.8 Å². The third-order valence-corrected chi connectivity index (χ3v) is 6.85. The molecule has 0 aliphatic carbocycles. The van der Waals surface area contributed by atoms with Crippen LogP contribution in [0.15, 0.2) is 48.7 Å². The quantitative estimate of drug-likeness (QED) is 0.479. The van der Waals surface area contributed by atoms with E-state index >= 15 is 0 Å². The van der Waals surface area contributed by atoms with Gasteiger partial charge in [-0.05, 0) is 35.1 Å². The van der Waals surface area contributed by atoms with Gasteiger partial charge in [0.25, 0.3) is 5.91 Å². The molecular weight excluding hydrogens is 424 g/mol. The summed E-state index contributed by atoms with van der Waals surface area (Å²) in [5, 5.41) is 6.04. The molecule has 6 nitrogen and oxygen atoms in total. The summed E-state index contributed by atoms with van der Waals surface area (Å²) in [7, 11) is 0. The maximum absolute atomic E-state index is 12.4. The third kappa shape index (κ3) is 4.11. The van der Waals surface area contributed by atoms with Gasteiger partial charge in [-0.1, -0.05) is 42.5 Å². The average Bonchev–Trinajstić information content (AvgIpc) is 3.28. The molecule has 4 aromatic rings. The molecule has 2 aromatic heterocycles. The zero-order valence-electron chi connectivity index (χ0n) is 19.1. The normalized spacial score (nSPS) is 16.9. The first kappa shape index (κ1) is 21.1. The minimum Gasteiger partial charge on any atom is -0.379 e. The Balaban J connectivity index is 1.25. The zero-order valence-corrected chi connectivity index (χ0v) is 19.1. The Hall–Kier alpha value is -3.48. The van der Waals surface area contributed by atoms with Gasteiger partial charge in [0, 0.05) is 55.3 Å². The molecule has 6 heteroatoms. The van der Waals surface area contributed by atoms with Gasteiger partial charge in [-0.2, -0.15) is 0 Å². The van der Waals surface area contributed by atoms with Gasteiger partial charge in [0.2, 0.25) is 0 Å². The second-order valence-electron chi connectivity index (χ2n) is 9.07. The van der Waals surface area contributed by atoms with Crippen molar-refractivity contribution in [2.24, 2.45) is 0 Å². The summed E-state index contributed by atoms with van der Waals surface area (Å²) in [5.74, 6) is -0.0146. The fraction of sp³-hybridized carbons (Fsp3) is 0.286. The smallest absolute Gasteiger partial charge is 0.253 e. The molecule has 1 saturated heterocycles. The number of hydrogen-bond acceptors (Lipinski definition) is 4. The van der Waals surface area contributed by atoms with Gasteiger partial charge in [-0.15, -0.1) is 0 Å². The Bertz CT molecular complexity index is 1400. The second-order valence-corrected chi connectivity index (χ2v) is 9.07. The molecule has 1 fully saturated rings. The van der Waals surface area contributed by atoms with E-state index in [0.29, 0.717) is 6.54 Å². The number of ether oxygens (including phenoxy) is 1. The van der Waals surface area contributed by atoms with E-state index in [0.717, 1.165) is 84.3 Å². The highest BCUT2D eigenvalue weighted by molar-refractivity contribution is 6.15. The molecule has 1 amide bonds. The van der Waals surface area contributed by atoms with Crippen molar-refractivity contribution in [1.82, 2.24) is 20.2 Å². The molecule has 6 rings (SSSR count). The SMILES string of the molecule is O=C1NCCc2nc3c(ccc4c[nH]c(C=Cc5cccc(CCN6CCOCC6)c5)cc43)c21. The topological polar surface area (TPSA) is 70.2 Å². The zero-order chi connectivity index (χ0) is 22.9. The predicted octanol–water partition coefficient (Wildman–Crippen LogP) is 4.05. The highest BCUT2D eigenvalue weighted by Crippen LogP contribution is 2.31. The first-order valence-electron chi connectivity index (χ1n) is 12.0. The van der Waals surface area contributed by atoms with Gasteiger partial charge in [0.15, 0.2) is 0 Å². The van der Waals surface area contributed by atoms with Gasteiger partial charge < -0.3 is 15.0 Å². The highest BCUT2D eigenvalue weighted by atomic mass is 16.5. The number of H-pyrrole nitrogens is 1. The van der Waals surface area contributed by atoms with Gasteiger partial charge in [0.1, 0.15) is 0 Å². The number of carbonyl (C=O) groups is 1. The van der Waals surface area contributed by atoms with Gasteiger partial charge in [0.05, 0.1) is 30.0 Å². The largest absolute Gasteiger partial charge is 0.379 e. The van der Waals surface area contributed by atoms with E-state index < -0.39 is 0 Å². The lowest BCUT2D eigenvalue weighted by Crippen LogP contribution is -2.37. The Labute approximate surface area is 198 Å². The van der Waals surface area contributed by atoms with Crippen LogP contribution in [0.3, 0.4) is 0 Å². The lowest BCUT2D eigenvalue weighted by atomic mass is 10.0.